The molecule has 1 aliphatic rings. The molecule has 1 N–H and O–H groups in total. The largest absolute Gasteiger partial charge is 0.507 e. The van der Waals surface area contributed by atoms with Crippen LogP contribution in [-0.2, 0) is 14.3 Å². The minimum absolute atomic E-state index is 0.0972. The Labute approximate surface area is 183 Å². The molecule has 31 heavy (non-hydrogen) atoms. The van der Waals surface area contributed by atoms with Crippen LogP contribution in [0.15, 0.2) is 60.2 Å². The van der Waals surface area contributed by atoms with Gasteiger partial charge in [0.15, 0.2) is 0 Å². The highest BCUT2D eigenvalue weighted by atomic mass is 16.5. The highest BCUT2D eigenvalue weighted by Gasteiger charge is 2.45. The molecule has 1 saturated heterocycles. The van der Waals surface area contributed by atoms with E-state index in [9.17, 15) is 14.7 Å². The van der Waals surface area contributed by atoms with Crippen molar-refractivity contribution in [2.75, 3.05) is 19.8 Å². The second-order valence-electron chi connectivity index (χ2n) is 7.63. The zero-order valence-electron chi connectivity index (χ0n) is 18.2. The molecule has 6 heteroatoms. The van der Waals surface area contributed by atoms with E-state index in [1.165, 1.54) is 4.90 Å². The van der Waals surface area contributed by atoms with Gasteiger partial charge in [-0.2, -0.15) is 0 Å². The fourth-order valence-corrected chi connectivity index (χ4v) is 3.68. The Morgan fingerprint density at radius 2 is 1.74 bits per heavy atom. The molecule has 0 radical (unpaired) electrons. The third-order valence-electron chi connectivity index (χ3n) is 5.09. The lowest BCUT2D eigenvalue weighted by atomic mass is 9.95. The highest BCUT2D eigenvalue weighted by molar-refractivity contribution is 6.46. The van der Waals surface area contributed by atoms with Gasteiger partial charge in [0.05, 0.1) is 24.3 Å². The van der Waals surface area contributed by atoms with Crippen LogP contribution in [0, 0.1) is 0 Å². The van der Waals surface area contributed by atoms with Crippen LogP contribution in [0.25, 0.3) is 5.76 Å². The second-order valence-corrected chi connectivity index (χ2v) is 7.63. The number of aliphatic hydroxyl groups excluding tert-OH is 1. The van der Waals surface area contributed by atoms with E-state index in [1.54, 1.807) is 24.3 Å². The van der Waals surface area contributed by atoms with Crippen molar-refractivity contribution >= 4 is 17.4 Å². The molecule has 1 aliphatic heterocycles. The van der Waals surface area contributed by atoms with Gasteiger partial charge in [-0.3, -0.25) is 9.59 Å². The van der Waals surface area contributed by atoms with Gasteiger partial charge in [0.1, 0.15) is 11.5 Å². The minimum Gasteiger partial charge on any atom is -0.507 e. The molecule has 0 saturated carbocycles. The van der Waals surface area contributed by atoms with Crippen LogP contribution in [0.5, 0.6) is 5.75 Å². The number of likely N-dealkylation sites (tertiary alicyclic amines) is 1. The zero-order chi connectivity index (χ0) is 22.4. The summed E-state index contributed by atoms with van der Waals surface area (Å²) in [6, 6.07) is 15.5. The minimum atomic E-state index is -0.676. The van der Waals surface area contributed by atoms with E-state index in [0.29, 0.717) is 37.5 Å². The number of ketones is 1. The molecule has 1 fully saturated rings. The highest BCUT2D eigenvalue weighted by Crippen LogP contribution is 2.39. The van der Waals surface area contributed by atoms with Crippen molar-refractivity contribution in [2.24, 2.45) is 0 Å². The molecule has 164 valence electrons. The van der Waals surface area contributed by atoms with E-state index in [2.05, 4.69) is 0 Å². The van der Waals surface area contributed by atoms with Crippen molar-refractivity contribution in [3.05, 3.63) is 71.3 Å². The molecule has 1 atom stereocenters. The van der Waals surface area contributed by atoms with Gasteiger partial charge in [-0.15, -0.1) is 0 Å². The van der Waals surface area contributed by atoms with Crippen molar-refractivity contribution in [2.45, 2.75) is 39.3 Å². The van der Waals surface area contributed by atoms with Gasteiger partial charge in [-0.1, -0.05) is 30.3 Å². The van der Waals surface area contributed by atoms with E-state index in [1.807, 2.05) is 51.1 Å². The normalized spacial score (nSPS) is 18.1. The van der Waals surface area contributed by atoms with Crippen molar-refractivity contribution in [1.82, 2.24) is 4.90 Å². The molecule has 0 bridgehead atoms. The quantitative estimate of drug-likeness (QED) is 0.281. The van der Waals surface area contributed by atoms with E-state index >= 15 is 0 Å². The van der Waals surface area contributed by atoms with Crippen molar-refractivity contribution in [1.29, 1.82) is 0 Å². The van der Waals surface area contributed by atoms with Gasteiger partial charge in [-0.05, 0) is 57.0 Å². The molecule has 1 heterocycles. The Bertz CT molecular complexity index is 934. The number of benzene rings is 2. The van der Waals surface area contributed by atoms with Gasteiger partial charge in [0.25, 0.3) is 11.7 Å². The van der Waals surface area contributed by atoms with Crippen molar-refractivity contribution < 1.29 is 24.2 Å². The van der Waals surface area contributed by atoms with Gasteiger partial charge >= 0.3 is 0 Å². The number of hydrogen-bond donors (Lipinski definition) is 1. The number of Topliss-reactive ketones (excluding diaryl/α,β-unsaturated/α-hetero) is 1. The van der Waals surface area contributed by atoms with Crippen molar-refractivity contribution in [3.63, 3.8) is 0 Å². The maximum absolute atomic E-state index is 13.0. The summed E-state index contributed by atoms with van der Waals surface area (Å²) in [4.78, 5) is 27.4. The Balaban J connectivity index is 1.97. The average molecular weight is 424 g/mol. The zero-order valence-corrected chi connectivity index (χ0v) is 18.2. The molecule has 2 aromatic rings. The number of nitrogens with zero attached hydrogens (tertiary/aromatic N) is 1. The first-order valence-electron chi connectivity index (χ1n) is 10.6. The first kappa shape index (κ1) is 22.6. The molecular weight excluding hydrogens is 394 g/mol. The molecule has 0 spiro atoms. The van der Waals surface area contributed by atoms with Crippen LogP contribution in [0.3, 0.4) is 0 Å². The van der Waals surface area contributed by atoms with Crippen LogP contribution in [0.4, 0.5) is 0 Å². The van der Waals surface area contributed by atoms with E-state index in [4.69, 9.17) is 9.47 Å². The third kappa shape index (κ3) is 5.14. The molecular formula is C25H29NO5. The summed E-state index contributed by atoms with van der Waals surface area (Å²) in [5.41, 5.74) is 1.34. The lowest BCUT2D eigenvalue weighted by Crippen LogP contribution is -2.31. The smallest absolute Gasteiger partial charge is 0.295 e. The average Bonchev–Trinajstić information content (AvgIpc) is 3.02. The fraction of sp³-hybridized carbons (Fsp3) is 0.360. The molecule has 0 aromatic heterocycles. The summed E-state index contributed by atoms with van der Waals surface area (Å²) in [6.45, 7) is 7.17. The standard InChI is InChI=1S/C25H29NO5/c1-4-30-20-13-11-19(12-14-20)23(27)21-22(18-9-6-5-7-10-18)26(25(29)24(21)28)15-8-16-31-17(2)3/h5-7,9-14,17,22,27H,4,8,15-16H2,1-3H3/b23-21-. The fourth-order valence-electron chi connectivity index (χ4n) is 3.68. The Morgan fingerprint density at radius 1 is 1.06 bits per heavy atom. The van der Waals surface area contributed by atoms with Crippen LogP contribution >= 0.6 is 0 Å². The molecule has 1 unspecified atom stereocenters. The number of amides is 1. The summed E-state index contributed by atoms with van der Waals surface area (Å²) >= 11 is 0. The topological polar surface area (TPSA) is 76.1 Å². The number of rotatable bonds is 9. The first-order chi connectivity index (χ1) is 14.9. The van der Waals surface area contributed by atoms with E-state index in [-0.39, 0.29) is 17.4 Å². The first-order valence-corrected chi connectivity index (χ1v) is 10.6. The Morgan fingerprint density at radius 3 is 2.35 bits per heavy atom. The predicted molar refractivity (Wildman–Crippen MR) is 119 cm³/mol. The van der Waals surface area contributed by atoms with Crippen LogP contribution in [0.1, 0.15) is 44.4 Å². The van der Waals surface area contributed by atoms with Crippen molar-refractivity contribution in [3.8, 4) is 5.75 Å². The molecule has 6 nitrogen and oxygen atoms in total. The van der Waals surface area contributed by atoms with Crippen LogP contribution < -0.4 is 4.74 Å². The predicted octanol–water partition coefficient (Wildman–Crippen LogP) is 4.32. The van der Waals surface area contributed by atoms with E-state index in [0.717, 1.165) is 5.56 Å². The number of hydrogen-bond acceptors (Lipinski definition) is 5. The summed E-state index contributed by atoms with van der Waals surface area (Å²) in [5.74, 6) is -0.795. The summed E-state index contributed by atoms with van der Waals surface area (Å²) in [6.07, 6.45) is 0.692. The number of carbonyl (C=O) groups is 2. The summed E-state index contributed by atoms with van der Waals surface area (Å²) in [7, 11) is 0. The molecule has 3 rings (SSSR count). The number of aliphatic hydroxyl groups is 1. The summed E-state index contributed by atoms with van der Waals surface area (Å²) in [5, 5.41) is 11.0. The van der Waals surface area contributed by atoms with Gasteiger partial charge in [0.2, 0.25) is 0 Å². The maximum Gasteiger partial charge on any atom is 0.295 e. The third-order valence-corrected chi connectivity index (χ3v) is 5.09. The summed E-state index contributed by atoms with van der Waals surface area (Å²) < 4.78 is 11.0. The van der Waals surface area contributed by atoms with Gasteiger partial charge in [-0.25, -0.2) is 0 Å². The molecule has 2 aromatic carbocycles. The monoisotopic (exact) mass is 423 g/mol. The van der Waals surface area contributed by atoms with Gasteiger partial charge in [0, 0.05) is 18.7 Å². The number of ether oxygens (including phenoxy) is 2. The molecule has 0 aliphatic carbocycles. The maximum atomic E-state index is 13.0. The van der Waals surface area contributed by atoms with E-state index < -0.39 is 17.7 Å². The number of carbonyl (C=O) groups excluding carboxylic acids is 2. The Kier molecular flexibility index (Phi) is 7.47. The second kappa shape index (κ2) is 10.3. The van der Waals surface area contributed by atoms with Crippen LogP contribution in [0.2, 0.25) is 0 Å². The lowest BCUT2D eigenvalue weighted by molar-refractivity contribution is -0.140. The Hall–Kier alpha value is -3.12. The van der Waals surface area contributed by atoms with Gasteiger partial charge < -0.3 is 19.5 Å². The van der Waals surface area contributed by atoms with Crippen LogP contribution in [-0.4, -0.2) is 47.6 Å². The molecule has 1 amide bonds. The SMILES string of the molecule is CCOc1ccc(/C(O)=C2/C(=O)C(=O)N(CCCOC(C)C)C2c2ccccc2)cc1. The lowest BCUT2D eigenvalue weighted by Gasteiger charge is -2.25.